The predicted octanol–water partition coefficient (Wildman–Crippen LogP) is 7.06. The number of carbonyl (C=O) groups is 2. The SMILES string of the molecule is Cc1ccc(Cl)cc1N(Cc1ccc(C(=O)N/N=C\c2ccc(OCC(=O)N[C@@H](C)c3ccccc3)cc2)cc1)S(=O)(=O)c1ccccc1. The number of aryl methyl sites for hydroxylation is 1. The molecule has 0 unspecified atom stereocenters. The molecule has 0 saturated carbocycles. The van der Waals surface area contributed by atoms with Crippen LogP contribution < -0.4 is 19.8 Å². The van der Waals surface area contributed by atoms with Gasteiger partial charge in [0.15, 0.2) is 6.61 Å². The Morgan fingerprint density at radius 2 is 1.53 bits per heavy atom. The second-order valence-electron chi connectivity index (χ2n) is 11.2. The average molecular weight is 695 g/mol. The summed E-state index contributed by atoms with van der Waals surface area (Å²) >= 11 is 6.26. The minimum absolute atomic E-state index is 0.0235. The summed E-state index contributed by atoms with van der Waals surface area (Å²) in [5.74, 6) is -0.147. The van der Waals surface area contributed by atoms with Crippen LogP contribution in [0, 0.1) is 6.92 Å². The second kappa shape index (κ2) is 16.1. The Labute approximate surface area is 291 Å². The van der Waals surface area contributed by atoms with Gasteiger partial charge in [-0.2, -0.15) is 5.10 Å². The maximum Gasteiger partial charge on any atom is 0.271 e. The third-order valence-corrected chi connectivity index (χ3v) is 9.63. The third-order valence-electron chi connectivity index (χ3n) is 7.62. The molecule has 0 heterocycles. The van der Waals surface area contributed by atoms with Crippen LogP contribution >= 0.6 is 11.6 Å². The number of amides is 2. The summed E-state index contributed by atoms with van der Waals surface area (Å²) in [6.45, 7) is 3.64. The summed E-state index contributed by atoms with van der Waals surface area (Å²) in [6, 6.07) is 36.4. The number of anilines is 1. The number of nitrogens with zero attached hydrogens (tertiary/aromatic N) is 2. The standard InChI is InChI=1S/C38H35ClN4O5S/c1-27-13-20-33(39)23-36(27)43(49(46,47)35-11-7-4-8-12-35)25-30-14-18-32(19-15-30)38(45)42-40-24-29-16-21-34(22-17-29)48-26-37(44)41-28(2)31-9-5-3-6-10-31/h3-24,28H,25-26H2,1-2H3,(H,41,44)(H,42,45)/b40-24-/t28-/m0/s1. The van der Waals surface area contributed by atoms with Crippen LogP contribution in [-0.4, -0.2) is 33.1 Å². The van der Waals surface area contributed by atoms with E-state index >= 15 is 0 Å². The average Bonchev–Trinajstić information content (AvgIpc) is 3.12. The van der Waals surface area contributed by atoms with Gasteiger partial charge in [-0.3, -0.25) is 13.9 Å². The molecule has 0 fully saturated rings. The van der Waals surface area contributed by atoms with E-state index in [9.17, 15) is 18.0 Å². The largest absolute Gasteiger partial charge is 0.484 e. The quantitative estimate of drug-likeness (QED) is 0.101. The number of benzene rings is 5. The molecule has 0 aliphatic heterocycles. The van der Waals surface area contributed by atoms with Crippen LogP contribution in [0.2, 0.25) is 5.02 Å². The summed E-state index contributed by atoms with van der Waals surface area (Å²) in [5.41, 5.74) is 6.45. The highest BCUT2D eigenvalue weighted by Gasteiger charge is 2.26. The molecule has 49 heavy (non-hydrogen) atoms. The van der Waals surface area contributed by atoms with E-state index in [1.807, 2.05) is 44.2 Å². The molecule has 5 rings (SSSR count). The number of hydrogen-bond acceptors (Lipinski definition) is 6. The van der Waals surface area contributed by atoms with Gasteiger partial charge < -0.3 is 10.1 Å². The number of hydrogen-bond donors (Lipinski definition) is 2. The lowest BCUT2D eigenvalue weighted by molar-refractivity contribution is -0.123. The van der Waals surface area contributed by atoms with Gasteiger partial charge in [0.25, 0.3) is 21.8 Å². The fourth-order valence-corrected chi connectivity index (χ4v) is 6.63. The lowest BCUT2D eigenvalue weighted by Crippen LogP contribution is -2.31. The highest BCUT2D eigenvalue weighted by molar-refractivity contribution is 7.92. The van der Waals surface area contributed by atoms with Gasteiger partial charge in [-0.15, -0.1) is 0 Å². The molecular weight excluding hydrogens is 660 g/mol. The molecule has 0 aliphatic carbocycles. The number of sulfonamides is 1. The number of carbonyl (C=O) groups excluding carboxylic acids is 2. The Hall–Kier alpha value is -5.45. The smallest absolute Gasteiger partial charge is 0.271 e. The van der Waals surface area contributed by atoms with E-state index in [0.29, 0.717) is 33.1 Å². The van der Waals surface area contributed by atoms with E-state index in [-0.39, 0.29) is 30.0 Å². The summed E-state index contributed by atoms with van der Waals surface area (Å²) < 4.78 is 34.4. The minimum Gasteiger partial charge on any atom is -0.484 e. The molecule has 0 radical (unpaired) electrons. The molecule has 5 aromatic rings. The molecule has 250 valence electrons. The van der Waals surface area contributed by atoms with Crippen molar-refractivity contribution in [3.8, 4) is 5.75 Å². The molecule has 9 nitrogen and oxygen atoms in total. The predicted molar refractivity (Wildman–Crippen MR) is 192 cm³/mol. The van der Waals surface area contributed by atoms with E-state index in [0.717, 1.165) is 11.1 Å². The van der Waals surface area contributed by atoms with E-state index in [4.69, 9.17) is 16.3 Å². The molecule has 2 N–H and O–H groups in total. The lowest BCUT2D eigenvalue weighted by atomic mass is 10.1. The highest BCUT2D eigenvalue weighted by atomic mass is 35.5. The number of rotatable bonds is 13. The highest BCUT2D eigenvalue weighted by Crippen LogP contribution is 2.31. The zero-order valence-corrected chi connectivity index (χ0v) is 28.5. The van der Waals surface area contributed by atoms with Gasteiger partial charge in [0.1, 0.15) is 5.75 Å². The van der Waals surface area contributed by atoms with Crippen molar-refractivity contribution in [1.29, 1.82) is 0 Å². The van der Waals surface area contributed by atoms with Crippen molar-refractivity contribution in [3.63, 3.8) is 0 Å². The Morgan fingerprint density at radius 1 is 0.878 bits per heavy atom. The van der Waals surface area contributed by atoms with E-state index in [1.54, 1.807) is 97.1 Å². The van der Waals surface area contributed by atoms with Crippen molar-refractivity contribution in [3.05, 3.63) is 160 Å². The first kappa shape index (κ1) is 34.9. The van der Waals surface area contributed by atoms with Crippen LogP contribution in [0.4, 0.5) is 5.69 Å². The molecule has 0 aliphatic rings. The molecule has 0 saturated heterocycles. The van der Waals surface area contributed by atoms with Crippen molar-refractivity contribution in [2.75, 3.05) is 10.9 Å². The van der Waals surface area contributed by atoms with Crippen LogP contribution in [0.5, 0.6) is 5.75 Å². The van der Waals surface area contributed by atoms with Gasteiger partial charge in [-0.05, 0) is 96.8 Å². The first-order valence-corrected chi connectivity index (χ1v) is 17.3. The van der Waals surface area contributed by atoms with Crippen LogP contribution in [0.1, 0.15) is 45.6 Å². The van der Waals surface area contributed by atoms with Crippen LogP contribution in [-0.2, 0) is 21.4 Å². The number of nitrogens with one attached hydrogen (secondary N) is 2. The molecule has 0 aromatic heterocycles. The van der Waals surface area contributed by atoms with E-state index in [1.165, 1.54) is 10.5 Å². The number of hydrazone groups is 1. The van der Waals surface area contributed by atoms with Crippen LogP contribution in [0.15, 0.2) is 137 Å². The summed E-state index contributed by atoms with van der Waals surface area (Å²) in [4.78, 5) is 25.2. The second-order valence-corrected chi connectivity index (χ2v) is 13.5. The zero-order chi connectivity index (χ0) is 34.8. The summed E-state index contributed by atoms with van der Waals surface area (Å²) in [6.07, 6.45) is 1.49. The maximum atomic E-state index is 13.7. The van der Waals surface area contributed by atoms with Gasteiger partial charge in [-0.25, -0.2) is 13.8 Å². The molecule has 5 aromatic carbocycles. The molecule has 1 atom stereocenters. The molecule has 0 bridgehead atoms. The van der Waals surface area contributed by atoms with Crippen molar-refractivity contribution < 1.29 is 22.7 Å². The summed E-state index contributed by atoms with van der Waals surface area (Å²) in [5, 5.41) is 7.37. The van der Waals surface area contributed by atoms with Crippen molar-refractivity contribution >= 4 is 45.3 Å². The molecule has 11 heteroatoms. The zero-order valence-electron chi connectivity index (χ0n) is 26.9. The fraction of sp³-hybridized carbons (Fsp3) is 0.132. The Bertz CT molecular complexity index is 2020. The van der Waals surface area contributed by atoms with E-state index in [2.05, 4.69) is 15.8 Å². The Balaban J connectivity index is 1.16. The van der Waals surface area contributed by atoms with Crippen LogP contribution in [0.25, 0.3) is 0 Å². The monoisotopic (exact) mass is 694 g/mol. The summed E-state index contributed by atoms with van der Waals surface area (Å²) in [7, 11) is -3.93. The van der Waals surface area contributed by atoms with Gasteiger partial charge in [0.2, 0.25) is 0 Å². The fourth-order valence-electron chi connectivity index (χ4n) is 4.94. The molecule has 2 amide bonds. The lowest BCUT2D eigenvalue weighted by Gasteiger charge is -2.26. The van der Waals surface area contributed by atoms with Crippen LogP contribution in [0.3, 0.4) is 0 Å². The normalized spacial score (nSPS) is 11.9. The number of ether oxygens (including phenoxy) is 1. The van der Waals surface area contributed by atoms with Gasteiger partial charge in [-0.1, -0.05) is 78.3 Å². The van der Waals surface area contributed by atoms with Crippen molar-refractivity contribution in [2.45, 2.75) is 31.3 Å². The van der Waals surface area contributed by atoms with Crippen molar-refractivity contribution in [1.82, 2.24) is 10.7 Å². The molecule has 0 spiro atoms. The first-order valence-electron chi connectivity index (χ1n) is 15.4. The Kier molecular flexibility index (Phi) is 11.5. The van der Waals surface area contributed by atoms with Gasteiger partial charge in [0.05, 0.1) is 29.4 Å². The van der Waals surface area contributed by atoms with Gasteiger partial charge in [0, 0.05) is 10.6 Å². The maximum absolute atomic E-state index is 13.7. The van der Waals surface area contributed by atoms with Crippen molar-refractivity contribution in [2.24, 2.45) is 5.10 Å². The number of halogens is 1. The van der Waals surface area contributed by atoms with E-state index < -0.39 is 15.9 Å². The topological polar surface area (TPSA) is 117 Å². The Morgan fingerprint density at radius 3 is 2.20 bits per heavy atom. The third kappa shape index (κ3) is 9.34. The van der Waals surface area contributed by atoms with Gasteiger partial charge >= 0.3 is 0 Å². The molecular formula is C38H35ClN4O5S. The first-order chi connectivity index (χ1) is 23.6. The minimum atomic E-state index is -3.93.